The first-order valence-corrected chi connectivity index (χ1v) is 25.9. The Labute approximate surface area is 427 Å². The molecular formula is C54H42F4N6O8S2. The van der Waals surface area contributed by atoms with Gasteiger partial charge in [-0.3, -0.25) is 38.5 Å². The van der Waals surface area contributed by atoms with Gasteiger partial charge in [-0.1, -0.05) is 48.6 Å². The Bertz CT molecular complexity index is 3400. The first-order valence-electron chi connectivity index (χ1n) is 23.9. The maximum Gasteiger partial charge on any atom is 0.278 e. The molecule has 2 aliphatic carbocycles. The highest BCUT2D eigenvalue weighted by Crippen LogP contribution is 2.53. The van der Waals surface area contributed by atoms with Crippen LogP contribution in [0.1, 0.15) is 92.1 Å². The van der Waals surface area contributed by atoms with E-state index in [-0.39, 0.29) is 72.1 Å². The van der Waals surface area contributed by atoms with Crippen molar-refractivity contribution in [2.75, 3.05) is 36.6 Å². The first-order chi connectivity index (χ1) is 35.8. The van der Waals surface area contributed by atoms with Crippen molar-refractivity contribution in [2.24, 2.45) is 0 Å². The molecule has 4 bridgehead atoms. The number of aromatic hydroxyl groups is 2. The monoisotopic (exact) mass is 1040 g/mol. The summed E-state index contributed by atoms with van der Waals surface area (Å²) in [6.07, 6.45) is 13.1. The fourth-order valence-corrected chi connectivity index (χ4v) is 13.5. The van der Waals surface area contributed by atoms with E-state index in [1.807, 2.05) is 70.7 Å². The van der Waals surface area contributed by atoms with Crippen molar-refractivity contribution >= 4 is 35.3 Å². The number of carbonyl (C=O) groups is 2. The largest absolute Gasteiger partial charge is 0.502 e. The number of fused-ring (bicyclic) bond motifs is 16. The van der Waals surface area contributed by atoms with Crippen LogP contribution in [0.2, 0.25) is 0 Å². The number of halogens is 4. The van der Waals surface area contributed by atoms with Gasteiger partial charge in [-0.2, -0.15) is 0 Å². The maximum atomic E-state index is 15.4. The lowest BCUT2D eigenvalue weighted by atomic mass is 9.92. The molecule has 14 nitrogen and oxygen atoms in total. The van der Waals surface area contributed by atoms with Crippen LogP contribution in [0.5, 0.6) is 23.0 Å². The molecule has 2 spiro atoms. The average Bonchev–Trinajstić information content (AvgIpc) is 4.35. The molecule has 376 valence electrons. The van der Waals surface area contributed by atoms with Gasteiger partial charge in [0.15, 0.2) is 46.2 Å². The van der Waals surface area contributed by atoms with Crippen molar-refractivity contribution in [3.05, 3.63) is 198 Å². The highest BCUT2D eigenvalue weighted by molar-refractivity contribution is 7.98. The smallest absolute Gasteiger partial charge is 0.278 e. The lowest BCUT2D eigenvalue weighted by Gasteiger charge is -2.46. The molecule has 0 saturated heterocycles. The number of rotatable bonds is 0. The van der Waals surface area contributed by atoms with E-state index >= 15 is 8.78 Å². The molecule has 2 atom stereocenters. The zero-order valence-electron chi connectivity index (χ0n) is 39.0. The van der Waals surface area contributed by atoms with Crippen LogP contribution in [-0.2, 0) is 11.5 Å². The normalized spacial score (nSPS) is 21.7. The Balaban J connectivity index is 0.000000143. The van der Waals surface area contributed by atoms with Gasteiger partial charge in [0, 0.05) is 80.2 Å². The van der Waals surface area contributed by atoms with Gasteiger partial charge in [0.05, 0.1) is 11.1 Å². The van der Waals surface area contributed by atoms with Gasteiger partial charge in [-0.05, 0) is 61.1 Å². The minimum atomic E-state index is -0.992. The fourth-order valence-electron chi connectivity index (χ4n) is 11.3. The lowest BCUT2D eigenvalue weighted by Crippen LogP contribution is -2.58. The van der Waals surface area contributed by atoms with E-state index in [0.717, 1.165) is 33.1 Å². The molecule has 2 saturated carbocycles. The third-order valence-corrected chi connectivity index (χ3v) is 17.4. The molecule has 0 unspecified atom stereocenters. The number of hydrogen-bond donors (Lipinski definition) is 2. The standard InChI is InChI=1S/2C27H21F2N3O4S/c2*28-17-12-19-21-16(22(17)29)13-37-20-5-2-1-4-15(20)23(21)32-14-30(27(8-9-27)7-3-11-36-19)26(35)24-25(34)18(33)6-10-31(24)32/h2*1-7,10,12,23,34H,8-9,11,13-14H2/b2*7-3+/t2*23-/m10/s1. The minimum absolute atomic E-state index is 0.0972. The van der Waals surface area contributed by atoms with Gasteiger partial charge in [0.25, 0.3) is 11.8 Å². The zero-order chi connectivity index (χ0) is 50.9. The van der Waals surface area contributed by atoms with Gasteiger partial charge < -0.3 is 29.5 Å². The van der Waals surface area contributed by atoms with E-state index in [4.69, 9.17) is 9.47 Å². The summed E-state index contributed by atoms with van der Waals surface area (Å²) in [5, 5.41) is 25.2. The molecule has 2 aromatic heterocycles. The summed E-state index contributed by atoms with van der Waals surface area (Å²) in [5.74, 6) is -5.29. The molecule has 6 aromatic rings. The molecule has 74 heavy (non-hydrogen) atoms. The Morgan fingerprint density at radius 1 is 0.568 bits per heavy atom. The average molecular weight is 1040 g/mol. The second-order valence-corrected chi connectivity index (χ2v) is 21.3. The van der Waals surface area contributed by atoms with Crippen LogP contribution in [-0.4, -0.2) is 78.8 Å². The summed E-state index contributed by atoms with van der Waals surface area (Å²) in [7, 11) is 0. The highest BCUT2D eigenvalue weighted by Gasteiger charge is 2.55. The molecular weight excluding hydrogens is 1000 g/mol. The molecule has 0 radical (unpaired) electrons. The quantitative estimate of drug-likeness (QED) is 0.112. The first kappa shape index (κ1) is 46.2. The van der Waals surface area contributed by atoms with Crippen LogP contribution in [0, 0.1) is 23.3 Å². The molecule has 2 N–H and O–H groups in total. The third-order valence-electron chi connectivity index (χ3n) is 15.2. The number of benzene rings is 4. The number of nitrogens with zero attached hydrogens (tertiary/aromatic N) is 6. The zero-order valence-corrected chi connectivity index (χ0v) is 40.6. The third kappa shape index (κ3) is 7.00. The summed E-state index contributed by atoms with van der Waals surface area (Å²) >= 11 is 2.80. The minimum Gasteiger partial charge on any atom is -0.502 e. The second-order valence-electron chi connectivity index (χ2n) is 19.3. The summed E-state index contributed by atoms with van der Waals surface area (Å²) in [5.41, 5.74) is 0.0637. The van der Waals surface area contributed by atoms with Crippen LogP contribution in [0.15, 0.2) is 129 Å². The van der Waals surface area contributed by atoms with Gasteiger partial charge in [0.2, 0.25) is 10.9 Å². The molecule has 6 aliphatic heterocycles. The van der Waals surface area contributed by atoms with Crippen molar-refractivity contribution in [1.29, 1.82) is 0 Å². The van der Waals surface area contributed by atoms with E-state index in [0.29, 0.717) is 36.8 Å². The topological polar surface area (TPSA) is 150 Å². The van der Waals surface area contributed by atoms with E-state index in [2.05, 4.69) is 0 Å². The van der Waals surface area contributed by atoms with E-state index in [9.17, 15) is 38.2 Å². The van der Waals surface area contributed by atoms with Crippen LogP contribution in [0.4, 0.5) is 17.6 Å². The van der Waals surface area contributed by atoms with Gasteiger partial charge in [-0.25, -0.2) is 17.6 Å². The molecule has 20 heteroatoms. The lowest BCUT2D eigenvalue weighted by molar-refractivity contribution is 0.0597. The Kier molecular flexibility index (Phi) is 10.6. The van der Waals surface area contributed by atoms with Gasteiger partial charge in [-0.15, -0.1) is 23.5 Å². The van der Waals surface area contributed by atoms with Crippen molar-refractivity contribution in [1.82, 2.24) is 19.2 Å². The number of carbonyl (C=O) groups excluding carboxylic acids is 2. The van der Waals surface area contributed by atoms with Crippen LogP contribution in [0.3, 0.4) is 0 Å². The Hall–Kier alpha value is -7.58. The molecule has 2 fully saturated rings. The highest BCUT2D eigenvalue weighted by atomic mass is 32.2. The number of pyridine rings is 2. The number of aromatic nitrogens is 2. The number of ether oxygens (including phenoxy) is 2. The van der Waals surface area contributed by atoms with Crippen LogP contribution >= 0.6 is 23.5 Å². The van der Waals surface area contributed by atoms with E-state index < -0.39 is 80.6 Å². The number of thioether (sulfide) groups is 2. The molecule has 4 aromatic carbocycles. The predicted octanol–water partition coefficient (Wildman–Crippen LogP) is 8.12. The van der Waals surface area contributed by atoms with Crippen molar-refractivity contribution in [3.8, 4) is 23.0 Å². The summed E-state index contributed by atoms with van der Waals surface area (Å²) < 4.78 is 75.5. The van der Waals surface area contributed by atoms with Crippen molar-refractivity contribution in [2.45, 2.75) is 70.1 Å². The maximum absolute atomic E-state index is 15.4. The van der Waals surface area contributed by atoms with Crippen LogP contribution in [0.25, 0.3) is 0 Å². The second kappa shape index (κ2) is 17.0. The SMILES string of the molecule is O=C1c2c(O)c(=O)ccn2N2CN1C1(/C=C/COc3cc(F)c(F)c4c3[C@@H]2c2ccccc2SC4)CC1.O=C1c2c(O)c(=O)ccn2N2CN1C1(/C=C/COc3cc(F)c(F)c4c3[C@H]2c2ccccc2SC4)CC1. The van der Waals surface area contributed by atoms with E-state index in [1.165, 1.54) is 57.4 Å². The molecule has 14 rings (SSSR count). The molecule has 8 heterocycles. The summed E-state index contributed by atoms with van der Waals surface area (Å²) in [6, 6.07) is 18.3. The Morgan fingerprint density at radius 3 is 1.38 bits per heavy atom. The van der Waals surface area contributed by atoms with E-state index in [1.54, 1.807) is 22.0 Å². The number of amides is 2. The number of hydrogen-bond acceptors (Lipinski definition) is 12. The van der Waals surface area contributed by atoms with Gasteiger partial charge >= 0.3 is 0 Å². The fraction of sp³-hybridized carbons (Fsp3) is 0.259. The van der Waals surface area contributed by atoms with Gasteiger partial charge in [0.1, 0.15) is 50.1 Å². The molecule has 2 amide bonds. The summed E-state index contributed by atoms with van der Waals surface area (Å²) in [4.78, 5) is 57.4. The Morgan fingerprint density at radius 2 is 0.973 bits per heavy atom. The van der Waals surface area contributed by atoms with Crippen molar-refractivity contribution in [3.63, 3.8) is 0 Å². The molecule has 8 aliphatic rings. The van der Waals surface area contributed by atoms with Crippen LogP contribution < -0.4 is 30.3 Å². The predicted molar refractivity (Wildman–Crippen MR) is 265 cm³/mol. The van der Waals surface area contributed by atoms with Crippen molar-refractivity contribution < 1.29 is 46.8 Å². The summed E-state index contributed by atoms with van der Waals surface area (Å²) in [6.45, 7) is 0.414.